The molecule has 27 heavy (non-hydrogen) atoms. The number of methoxy groups -OCH3 is 1. The maximum atomic E-state index is 12.1. The summed E-state index contributed by atoms with van der Waals surface area (Å²) >= 11 is 5.92. The Balaban J connectivity index is 1.85. The molecule has 0 saturated carbocycles. The zero-order valence-corrected chi connectivity index (χ0v) is 17.1. The summed E-state index contributed by atoms with van der Waals surface area (Å²) in [5.74, 6) is 1.90. The van der Waals surface area contributed by atoms with Gasteiger partial charge in [-0.05, 0) is 55.0 Å². The van der Waals surface area contributed by atoms with Gasteiger partial charge >= 0.3 is 0 Å². The third-order valence-corrected chi connectivity index (χ3v) is 4.51. The first-order valence-electron chi connectivity index (χ1n) is 9.07. The molecule has 148 valence electrons. The number of ether oxygens (including phenoxy) is 2. The summed E-state index contributed by atoms with van der Waals surface area (Å²) in [6.07, 6.45) is 1.79. The molecule has 1 aromatic heterocycles. The second kappa shape index (κ2) is 10.2. The van der Waals surface area contributed by atoms with E-state index in [-0.39, 0.29) is 11.1 Å². The van der Waals surface area contributed by atoms with E-state index in [1.54, 1.807) is 14.0 Å². The zero-order valence-electron chi connectivity index (χ0n) is 16.3. The van der Waals surface area contributed by atoms with Crippen LogP contribution in [0.5, 0.6) is 11.5 Å². The highest BCUT2D eigenvalue weighted by molar-refractivity contribution is 6.29. The van der Waals surface area contributed by atoms with Gasteiger partial charge in [-0.15, -0.1) is 0 Å². The van der Waals surface area contributed by atoms with Gasteiger partial charge in [0, 0.05) is 18.5 Å². The van der Waals surface area contributed by atoms with E-state index in [0.29, 0.717) is 49.1 Å². The summed E-state index contributed by atoms with van der Waals surface area (Å²) < 4.78 is 16.1. The fourth-order valence-corrected chi connectivity index (χ4v) is 2.78. The molecule has 6 nitrogen and oxygen atoms in total. The van der Waals surface area contributed by atoms with Crippen LogP contribution in [-0.4, -0.2) is 24.8 Å². The molecule has 0 aliphatic rings. The Hall–Kier alpha value is -2.21. The molecular formula is C20H27ClN2O4. The van der Waals surface area contributed by atoms with Crippen LogP contribution in [-0.2, 0) is 17.8 Å². The van der Waals surface area contributed by atoms with Gasteiger partial charge in [-0.1, -0.05) is 25.1 Å². The third-order valence-electron chi connectivity index (χ3n) is 4.21. The number of amides is 1. The standard InChI is InChI=1S/C20H27ClN2O4/c1-13(2)9-10-26-17-7-5-15(11-18(17)25-4)12-22-19(24)8-6-16-14(3)23-27-20(16)21/h5,7,11,13H,6,8-10,12H2,1-4H3,(H,22,24). The molecule has 0 radical (unpaired) electrons. The number of aromatic nitrogens is 1. The summed E-state index contributed by atoms with van der Waals surface area (Å²) in [6.45, 7) is 7.18. The fraction of sp³-hybridized carbons (Fsp3) is 0.500. The number of halogens is 1. The average Bonchev–Trinajstić information content (AvgIpc) is 2.96. The van der Waals surface area contributed by atoms with Crippen LogP contribution in [0.15, 0.2) is 22.7 Å². The number of aryl methyl sites for hydroxylation is 1. The molecule has 7 heteroatoms. The lowest BCUT2D eigenvalue weighted by atomic mass is 10.1. The normalized spacial score (nSPS) is 10.9. The van der Waals surface area contributed by atoms with E-state index in [9.17, 15) is 4.79 Å². The number of benzene rings is 1. The fourth-order valence-electron chi connectivity index (χ4n) is 2.51. The molecule has 1 heterocycles. The minimum atomic E-state index is -0.0668. The molecule has 0 bridgehead atoms. The summed E-state index contributed by atoms with van der Waals surface area (Å²) in [5, 5.41) is 6.93. The lowest BCUT2D eigenvalue weighted by Crippen LogP contribution is -2.23. The average molecular weight is 395 g/mol. The quantitative estimate of drug-likeness (QED) is 0.649. The first-order chi connectivity index (χ1) is 12.9. The van der Waals surface area contributed by atoms with Gasteiger partial charge in [0.2, 0.25) is 11.1 Å². The van der Waals surface area contributed by atoms with E-state index < -0.39 is 0 Å². The number of nitrogens with zero attached hydrogens (tertiary/aromatic N) is 1. The molecule has 2 aromatic rings. The predicted molar refractivity (Wildman–Crippen MR) is 104 cm³/mol. The Morgan fingerprint density at radius 1 is 1.33 bits per heavy atom. The van der Waals surface area contributed by atoms with Crippen molar-refractivity contribution in [3.05, 3.63) is 40.2 Å². The van der Waals surface area contributed by atoms with E-state index in [0.717, 1.165) is 17.5 Å². The molecular weight excluding hydrogens is 368 g/mol. The number of carbonyl (C=O) groups is 1. The van der Waals surface area contributed by atoms with E-state index in [1.165, 1.54) is 0 Å². The maximum absolute atomic E-state index is 12.1. The molecule has 0 aliphatic heterocycles. The molecule has 2 rings (SSSR count). The molecule has 0 atom stereocenters. The Bertz CT molecular complexity index is 739. The van der Waals surface area contributed by atoms with Gasteiger partial charge in [-0.25, -0.2) is 0 Å². The van der Waals surface area contributed by atoms with Crippen molar-refractivity contribution in [2.45, 2.75) is 46.6 Å². The van der Waals surface area contributed by atoms with Crippen molar-refractivity contribution in [2.24, 2.45) is 5.92 Å². The summed E-state index contributed by atoms with van der Waals surface area (Å²) in [4.78, 5) is 12.1. The van der Waals surface area contributed by atoms with Crippen LogP contribution in [0, 0.1) is 12.8 Å². The minimum absolute atomic E-state index is 0.0668. The van der Waals surface area contributed by atoms with E-state index in [1.807, 2.05) is 18.2 Å². The second-order valence-corrected chi connectivity index (χ2v) is 7.16. The summed E-state index contributed by atoms with van der Waals surface area (Å²) in [6, 6.07) is 5.68. The van der Waals surface area contributed by atoms with Crippen molar-refractivity contribution >= 4 is 17.5 Å². The highest BCUT2D eigenvalue weighted by Gasteiger charge is 2.13. The predicted octanol–water partition coefficient (Wildman–Crippen LogP) is 4.32. The lowest BCUT2D eigenvalue weighted by Gasteiger charge is -2.13. The van der Waals surface area contributed by atoms with Crippen molar-refractivity contribution < 1.29 is 18.8 Å². The molecule has 0 fully saturated rings. The first kappa shape index (κ1) is 21.1. The van der Waals surface area contributed by atoms with Crippen LogP contribution >= 0.6 is 11.6 Å². The van der Waals surface area contributed by atoms with Crippen molar-refractivity contribution in [3.8, 4) is 11.5 Å². The largest absolute Gasteiger partial charge is 0.493 e. The van der Waals surface area contributed by atoms with E-state index >= 15 is 0 Å². The number of hydrogen-bond donors (Lipinski definition) is 1. The monoisotopic (exact) mass is 394 g/mol. The molecule has 1 aromatic carbocycles. The second-order valence-electron chi connectivity index (χ2n) is 6.81. The van der Waals surface area contributed by atoms with Crippen molar-refractivity contribution in [3.63, 3.8) is 0 Å². The molecule has 0 unspecified atom stereocenters. The maximum Gasteiger partial charge on any atom is 0.229 e. The Morgan fingerprint density at radius 3 is 2.74 bits per heavy atom. The molecule has 1 N–H and O–H groups in total. The van der Waals surface area contributed by atoms with Gasteiger partial charge in [0.15, 0.2) is 11.5 Å². The third kappa shape index (κ3) is 6.47. The van der Waals surface area contributed by atoms with E-state index in [2.05, 4.69) is 24.3 Å². The molecule has 0 spiro atoms. The van der Waals surface area contributed by atoms with Crippen LogP contribution in [0.3, 0.4) is 0 Å². The minimum Gasteiger partial charge on any atom is -0.493 e. The topological polar surface area (TPSA) is 73.6 Å². The highest BCUT2D eigenvalue weighted by atomic mass is 35.5. The van der Waals surface area contributed by atoms with Gasteiger partial charge in [-0.2, -0.15) is 0 Å². The van der Waals surface area contributed by atoms with Crippen LogP contribution in [0.25, 0.3) is 0 Å². The van der Waals surface area contributed by atoms with Crippen LogP contribution in [0.1, 0.15) is 43.5 Å². The zero-order chi connectivity index (χ0) is 19.8. The Morgan fingerprint density at radius 2 is 2.11 bits per heavy atom. The van der Waals surface area contributed by atoms with E-state index in [4.69, 9.17) is 25.6 Å². The number of rotatable bonds is 10. The van der Waals surface area contributed by atoms with Gasteiger partial charge in [0.05, 0.1) is 19.4 Å². The molecule has 0 aliphatic carbocycles. The number of nitrogens with one attached hydrogen (secondary N) is 1. The van der Waals surface area contributed by atoms with Crippen molar-refractivity contribution in [2.75, 3.05) is 13.7 Å². The van der Waals surface area contributed by atoms with Crippen molar-refractivity contribution in [1.29, 1.82) is 0 Å². The summed E-state index contributed by atoms with van der Waals surface area (Å²) in [7, 11) is 1.61. The smallest absolute Gasteiger partial charge is 0.229 e. The summed E-state index contributed by atoms with van der Waals surface area (Å²) in [5.41, 5.74) is 2.43. The lowest BCUT2D eigenvalue weighted by molar-refractivity contribution is -0.121. The van der Waals surface area contributed by atoms with Gasteiger partial charge in [0.25, 0.3) is 0 Å². The first-order valence-corrected chi connectivity index (χ1v) is 9.45. The van der Waals surface area contributed by atoms with Gasteiger partial charge in [-0.3, -0.25) is 4.79 Å². The number of hydrogen-bond acceptors (Lipinski definition) is 5. The Labute approximate surface area is 165 Å². The van der Waals surface area contributed by atoms with Crippen LogP contribution in [0.4, 0.5) is 0 Å². The SMILES string of the molecule is COc1cc(CNC(=O)CCc2c(C)noc2Cl)ccc1OCCC(C)C. The van der Waals surface area contributed by atoms with Crippen LogP contribution in [0.2, 0.25) is 5.22 Å². The van der Waals surface area contributed by atoms with Gasteiger partial charge < -0.3 is 19.3 Å². The Kier molecular flexibility index (Phi) is 7.98. The van der Waals surface area contributed by atoms with Crippen LogP contribution < -0.4 is 14.8 Å². The van der Waals surface area contributed by atoms with Crippen molar-refractivity contribution in [1.82, 2.24) is 10.5 Å². The molecule has 1 amide bonds. The number of carbonyl (C=O) groups excluding carboxylic acids is 1. The molecule has 0 saturated heterocycles. The van der Waals surface area contributed by atoms with Gasteiger partial charge in [0.1, 0.15) is 0 Å². The highest BCUT2D eigenvalue weighted by Crippen LogP contribution is 2.28.